The number of nitrogens with one attached hydrogen (secondary N) is 1. The lowest BCUT2D eigenvalue weighted by Crippen LogP contribution is -2.11. The van der Waals surface area contributed by atoms with E-state index >= 15 is 0 Å². The lowest BCUT2D eigenvalue weighted by atomic mass is 10.2. The minimum Gasteiger partial charge on any atom is -0.322 e. The smallest absolute Gasteiger partial charge is 0.255 e. The van der Waals surface area contributed by atoms with Gasteiger partial charge in [0.25, 0.3) is 5.91 Å². The third-order valence-corrected chi connectivity index (χ3v) is 4.26. The molecule has 1 heterocycles. The summed E-state index contributed by atoms with van der Waals surface area (Å²) in [5.74, 6) is -0.126. The number of nitrogens with zero attached hydrogens (tertiary/aromatic N) is 1. The van der Waals surface area contributed by atoms with Gasteiger partial charge in [-0.15, -0.1) is 11.3 Å². The molecule has 0 saturated heterocycles. The molecule has 1 aromatic heterocycles. The van der Waals surface area contributed by atoms with Crippen LogP contribution in [0.2, 0.25) is 0 Å². The summed E-state index contributed by atoms with van der Waals surface area (Å²) < 4.78 is 0.949. The summed E-state index contributed by atoms with van der Waals surface area (Å²) in [7, 11) is 0. The van der Waals surface area contributed by atoms with Crippen LogP contribution in [0.5, 0.6) is 0 Å². The highest BCUT2D eigenvalue weighted by atomic mass is 79.9. The Morgan fingerprint density at radius 1 is 1.14 bits per heavy atom. The Kier molecular flexibility index (Phi) is 4.13. The molecule has 0 aliphatic carbocycles. The van der Waals surface area contributed by atoms with Crippen molar-refractivity contribution in [3.63, 3.8) is 0 Å². The number of anilines is 1. The Labute approximate surface area is 134 Å². The summed E-state index contributed by atoms with van der Waals surface area (Å²) in [5.41, 5.74) is 2.38. The van der Waals surface area contributed by atoms with Gasteiger partial charge in [-0.1, -0.05) is 28.1 Å². The molecule has 3 rings (SSSR count). The van der Waals surface area contributed by atoms with Crippen molar-refractivity contribution in [1.29, 1.82) is 0 Å². The molecule has 104 valence electrons. The topological polar surface area (TPSA) is 42.0 Å². The van der Waals surface area contributed by atoms with Gasteiger partial charge < -0.3 is 5.32 Å². The summed E-state index contributed by atoms with van der Waals surface area (Å²) in [5, 5.41) is 5.78. The fraction of sp³-hybridized carbons (Fsp3) is 0. The lowest BCUT2D eigenvalue weighted by Gasteiger charge is -2.06. The molecule has 0 saturated carbocycles. The second-order valence-electron chi connectivity index (χ2n) is 4.38. The minimum absolute atomic E-state index is 0.126. The van der Waals surface area contributed by atoms with E-state index in [9.17, 15) is 4.79 Å². The van der Waals surface area contributed by atoms with E-state index in [2.05, 4.69) is 26.2 Å². The van der Waals surface area contributed by atoms with Gasteiger partial charge in [-0.25, -0.2) is 4.98 Å². The molecule has 1 amide bonds. The number of thiazole rings is 1. The van der Waals surface area contributed by atoms with Crippen LogP contribution >= 0.6 is 27.3 Å². The summed E-state index contributed by atoms with van der Waals surface area (Å²) in [6.45, 7) is 0. The maximum absolute atomic E-state index is 12.2. The Morgan fingerprint density at radius 2 is 1.95 bits per heavy atom. The molecule has 0 fully saturated rings. The molecule has 0 aliphatic rings. The van der Waals surface area contributed by atoms with Gasteiger partial charge in [0.2, 0.25) is 0 Å². The van der Waals surface area contributed by atoms with Gasteiger partial charge in [-0.2, -0.15) is 0 Å². The SMILES string of the molecule is O=C(Nc1cccc(-c2nccs2)c1)c1ccc(Br)cc1. The maximum Gasteiger partial charge on any atom is 0.255 e. The summed E-state index contributed by atoms with van der Waals surface area (Å²) in [6, 6.07) is 14.9. The number of carbonyl (C=O) groups excluding carboxylic acids is 1. The molecule has 0 aliphatic heterocycles. The summed E-state index contributed by atoms with van der Waals surface area (Å²) in [6.07, 6.45) is 1.77. The lowest BCUT2D eigenvalue weighted by molar-refractivity contribution is 0.102. The monoisotopic (exact) mass is 358 g/mol. The highest BCUT2D eigenvalue weighted by Gasteiger charge is 2.07. The number of aromatic nitrogens is 1. The first kappa shape index (κ1) is 14.0. The van der Waals surface area contributed by atoms with E-state index in [1.165, 1.54) is 0 Å². The zero-order chi connectivity index (χ0) is 14.7. The van der Waals surface area contributed by atoms with Crippen LogP contribution in [-0.4, -0.2) is 10.9 Å². The van der Waals surface area contributed by atoms with Crippen LogP contribution < -0.4 is 5.32 Å². The van der Waals surface area contributed by atoms with Crippen molar-refractivity contribution in [2.45, 2.75) is 0 Å². The Balaban J connectivity index is 1.80. The Bertz CT molecular complexity index is 754. The number of benzene rings is 2. The van der Waals surface area contributed by atoms with Crippen LogP contribution in [0.1, 0.15) is 10.4 Å². The third kappa shape index (κ3) is 3.37. The van der Waals surface area contributed by atoms with Crippen LogP contribution in [-0.2, 0) is 0 Å². The molecule has 0 atom stereocenters. The first-order valence-electron chi connectivity index (χ1n) is 6.29. The quantitative estimate of drug-likeness (QED) is 0.728. The third-order valence-electron chi connectivity index (χ3n) is 2.91. The van der Waals surface area contributed by atoms with Gasteiger partial charge in [0.05, 0.1) is 0 Å². The van der Waals surface area contributed by atoms with Crippen LogP contribution in [0.3, 0.4) is 0 Å². The van der Waals surface area contributed by atoms with Gasteiger partial charge in [0, 0.05) is 32.9 Å². The molecule has 21 heavy (non-hydrogen) atoms. The van der Waals surface area contributed by atoms with E-state index in [4.69, 9.17) is 0 Å². The summed E-state index contributed by atoms with van der Waals surface area (Å²) >= 11 is 4.93. The van der Waals surface area contributed by atoms with E-state index in [1.54, 1.807) is 29.7 Å². The second kappa shape index (κ2) is 6.20. The van der Waals surface area contributed by atoms with Crippen LogP contribution in [0.4, 0.5) is 5.69 Å². The Morgan fingerprint density at radius 3 is 2.67 bits per heavy atom. The van der Waals surface area contributed by atoms with Crippen LogP contribution in [0.25, 0.3) is 10.6 Å². The van der Waals surface area contributed by atoms with Crippen molar-refractivity contribution in [2.75, 3.05) is 5.32 Å². The average molecular weight is 359 g/mol. The molecule has 0 bridgehead atoms. The van der Waals surface area contributed by atoms with Crippen LogP contribution in [0.15, 0.2) is 64.6 Å². The number of hydrogen-bond acceptors (Lipinski definition) is 3. The highest BCUT2D eigenvalue weighted by molar-refractivity contribution is 9.10. The predicted molar refractivity (Wildman–Crippen MR) is 89.6 cm³/mol. The van der Waals surface area contributed by atoms with Gasteiger partial charge in [-0.3, -0.25) is 4.79 Å². The van der Waals surface area contributed by atoms with Gasteiger partial charge in [-0.05, 0) is 36.4 Å². The van der Waals surface area contributed by atoms with Gasteiger partial charge in [0.15, 0.2) is 0 Å². The molecular formula is C16H11BrN2OS. The number of hydrogen-bond donors (Lipinski definition) is 1. The zero-order valence-corrected chi connectivity index (χ0v) is 13.3. The van der Waals surface area contributed by atoms with Crippen molar-refractivity contribution in [2.24, 2.45) is 0 Å². The van der Waals surface area contributed by atoms with E-state index < -0.39 is 0 Å². The fourth-order valence-corrected chi connectivity index (χ4v) is 2.80. The normalized spacial score (nSPS) is 10.3. The molecular weight excluding hydrogens is 348 g/mol. The molecule has 1 N–H and O–H groups in total. The Hall–Kier alpha value is -1.98. The fourth-order valence-electron chi connectivity index (χ4n) is 1.90. The summed E-state index contributed by atoms with van der Waals surface area (Å²) in [4.78, 5) is 16.5. The number of amides is 1. The van der Waals surface area contributed by atoms with Crippen molar-refractivity contribution in [3.8, 4) is 10.6 Å². The first-order valence-corrected chi connectivity index (χ1v) is 7.96. The van der Waals surface area contributed by atoms with Crippen molar-refractivity contribution in [3.05, 3.63) is 70.1 Å². The average Bonchev–Trinajstić information content (AvgIpc) is 3.02. The maximum atomic E-state index is 12.2. The van der Waals surface area contributed by atoms with E-state index in [-0.39, 0.29) is 5.91 Å². The second-order valence-corrected chi connectivity index (χ2v) is 6.19. The van der Waals surface area contributed by atoms with Crippen molar-refractivity contribution >= 4 is 38.9 Å². The van der Waals surface area contributed by atoms with Crippen molar-refractivity contribution in [1.82, 2.24) is 4.98 Å². The molecule has 0 unspecified atom stereocenters. The van der Waals surface area contributed by atoms with Gasteiger partial charge >= 0.3 is 0 Å². The molecule has 0 spiro atoms. The number of rotatable bonds is 3. The largest absolute Gasteiger partial charge is 0.322 e. The molecule has 5 heteroatoms. The van der Waals surface area contributed by atoms with E-state index in [0.29, 0.717) is 5.56 Å². The standard InChI is InChI=1S/C16H11BrN2OS/c17-13-6-4-11(5-7-13)15(20)19-14-3-1-2-12(10-14)16-18-8-9-21-16/h1-10H,(H,19,20). The molecule has 3 aromatic rings. The van der Waals surface area contributed by atoms with E-state index in [1.807, 2.05) is 41.8 Å². The minimum atomic E-state index is -0.126. The van der Waals surface area contributed by atoms with E-state index in [0.717, 1.165) is 20.7 Å². The molecule has 0 radical (unpaired) electrons. The van der Waals surface area contributed by atoms with Gasteiger partial charge in [0.1, 0.15) is 5.01 Å². The molecule has 3 nitrogen and oxygen atoms in total. The molecule has 2 aromatic carbocycles. The van der Waals surface area contributed by atoms with Crippen LogP contribution in [0, 0.1) is 0 Å². The number of carbonyl (C=O) groups is 1. The number of halogens is 1. The first-order chi connectivity index (χ1) is 10.2. The predicted octanol–water partition coefficient (Wildman–Crippen LogP) is 4.82. The highest BCUT2D eigenvalue weighted by Crippen LogP contribution is 2.24. The van der Waals surface area contributed by atoms with Crippen molar-refractivity contribution < 1.29 is 4.79 Å². The zero-order valence-electron chi connectivity index (χ0n) is 10.9.